The monoisotopic (exact) mass is 238 g/mol. The van der Waals surface area contributed by atoms with Crippen molar-refractivity contribution in [3.63, 3.8) is 0 Å². The predicted octanol–water partition coefficient (Wildman–Crippen LogP) is 3.05. The molecule has 2 nitrogen and oxygen atoms in total. The molecular formula is C10H11BrN2. The van der Waals surface area contributed by atoms with Crippen LogP contribution in [0.1, 0.15) is 19.2 Å². The van der Waals surface area contributed by atoms with E-state index in [0.29, 0.717) is 0 Å². The molecule has 0 saturated heterocycles. The van der Waals surface area contributed by atoms with E-state index in [4.69, 9.17) is 0 Å². The van der Waals surface area contributed by atoms with E-state index < -0.39 is 0 Å². The third-order valence-electron chi connectivity index (χ3n) is 2.04. The van der Waals surface area contributed by atoms with Gasteiger partial charge in [-0.1, -0.05) is 22.9 Å². The molecule has 13 heavy (non-hydrogen) atoms. The number of pyridine rings is 1. The average molecular weight is 239 g/mol. The lowest BCUT2D eigenvalue weighted by Gasteiger charge is -1.98. The minimum Gasteiger partial charge on any atom is -0.304 e. The lowest BCUT2D eigenvalue weighted by molar-refractivity contribution is 0.830. The Bertz CT molecular complexity index is 420. The van der Waals surface area contributed by atoms with Gasteiger partial charge >= 0.3 is 0 Å². The second-order valence-corrected chi connectivity index (χ2v) is 3.98. The SMILES string of the molecule is CCCc1ncc2cc(Br)ccn12. The van der Waals surface area contributed by atoms with Crippen molar-refractivity contribution in [3.8, 4) is 0 Å². The Morgan fingerprint density at radius 1 is 1.54 bits per heavy atom. The molecule has 0 atom stereocenters. The van der Waals surface area contributed by atoms with Crippen molar-refractivity contribution in [3.05, 3.63) is 34.8 Å². The summed E-state index contributed by atoms with van der Waals surface area (Å²) in [6, 6.07) is 4.11. The Labute approximate surface area is 85.7 Å². The van der Waals surface area contributed by atoms with Crippen LogP contribution in [0.25, 0.3) is 5.52 Å². The van der Waals surface area contributed by atoms with Crippen molar-refractivity contribution >= 4 is 21.4 Å². The molecule has 0 aliphatic heterocycles. The highest BCUT2D eigenvalue weighted by molar-refractivity contribution is 9.10. The van der Waals surface area contributed by atoms with Crippen molar-refractivity contribution in [1.29, 1.82) is 0 Å². The molecule has 0 fully saturated rings. The molecule has 2 heterocycles. The fraction of sp³-hybridized carbons (Fsp3) is 0.300. The Morgan fingerprint density at radius 3 is 3.15 bits per heavy atom. The van der Waals surface area contributed by atoms with Crippen LogP contribution in [0, 0.1) is 0 Å². The minimum absolute atomic E-state index is 1.04. The number of hydrogen-bond donors (Lipinski definition) is 0. The lowest BCUT2D eigenvalue weighted by atomic mass is 10.3. The Morgan fingerprint density at radius 2 is 2.38 bits per heavy atom. The van der Waals surface area contributed by atoms with Crippen LogP contribution in [0.3, 0.4) is 0 Å². The van der Waals surface area contributed by atoms with E-state index in [1.54, 1.807) is 0 Å². The molecule has 0 spiro atoms. The van der Waals surface area contributed by atoms with E-state index >= 15 is 0 Å². The number of halogens is 1. The van der Waals surface area contributed by atoms with Gasteiger partial charge in [0.15, 0.2) is 0 Å². The summed E-state index contributed by atoms with van der Waals surface area (Å²) in [6.07, 6.45) is 6.14. The second kappa shape index (κ2) is 3.50. The largest absolute Gasteiger partial charge is 0.304 e. The van der Waals surface area contributed by atoms with Crippen LogP contribution in [-0.2, 0) is 6.42 Å². The molecule has 0 saturated carbocycles. The Hall–Kier alpha value is -0.830. The van der Waals surface area contributed by atoms with E-state index in [-0.39, 0.29) is 0 Å². The van der Waals surface area contributed by atoms with Gasteiger partial charge in [-0.25, -0.2) is 4.98 Å². The summed E-state index contributed by atoms with van der Waals surface area (Å²) in [5, 5.41) is 0. The number of aryl methyl sites for hydroxylation is 1. The maximum absolute atomic E-state index is 4.37. The molecule has 2 aromatic rings. The highest BCUT2D eigenvalue weighted by atomic mass is 79.9. The first-order valence-electron chi connectivity index (χ1n) is 4.42. The fourth-order valence-electron chi connectivity index (χ4n) is 1.44. The number of hydrogen-bond acceptors (Lipinski definition) is 1. The summed E-state index contributed by atoms with van der Waals surface area (Å²) in [7, 11) is 0. The topological polar surface area (TPSA) is 17.3 Å². The van der Waals surface area contributed by atoms with Crippen LogP contribution in [-0.4, -0.2) is 9.38 Å². The molecular weight excluding hydrogens is 228 g/mol. The van der Waals surface area contributed by atoms with Gasteiger partial charge in [0.25, 0.3) is 0 Å². The van der Waals surface area contributed by atoms with Gasteiger partial charge < -0.3 is 4.40 Å². The van der Waals surface area contributed by atoms with Gasteiger partial charge in [0.2, 0.25) is 0 Å². The predicted molar refractivity (Wildman–Crippen MR) is 56.9 cm³/mol. The normalized spacial score (nSPS) is 10.9. The van der Waals surface area contributed by atoms with Crippen molar-refractivity contribution < 1.29 is 0 Å². The van der Waals surface area contributed by atoms with Gasteiger partial charge in [-0.2, -0.15) is 0 Å². The van der Waals surface area contributed by atoms with Gasteiger partial charge in [0.05, 0.1) is 11.7 Å². The Kier molecular flexibility index (Phi) is 2.36. The molecule has 0 amide bonds. The fourth-order valence-corrected chi connectivity index (χ4v) is 1.79. The molecule has 2 aromatic heterocycles. The molecule has 68 valence electrons. The van der Waals surface area contributed by atoms with Gasteiger partial charge in [-0.3, -0.25) is 0 Å². The van der Waals surface area contributed by atoms with E-state index in [1.807, 2.05) is 12.3 Å². The van der Waals surface area contributed by atoms with Gasteiger partial charge in [-0.05, 0) is 18.6 Å². The van der Waals surface area contributed by atoms with Crippen LogP contribution in [0.4, 0.5) is 0 Å². The summed E-state index contributed by atoms with van der Waals surface area (Å²) in [4.78, 5) is 4.37. The van der Waals surface area contributed by atoms with Crippen molar-refractivity contribution in [2.45, 2.75) is 19.8 Å². The summed E-state index contributed by atoms with van der Waals surface area (Å²) < 4.78 is 3.23. The van der Waals surface area contributed by atoms with Crippen molar-refractivity contribution in [2.24, 2.45) is 0 Å². The van der Waals surface area contributed by atoms with Crippen LogP contribution in [0.2, 0.25) is 0 Å². The third kappa shape index (κ3) is 1.61. The first kappa shape index (κ1) is 8.75. The molecule has 0 radical (unpaired) electrons. The Balaban J connectivity index is 2.55. The summed E-state index contributed by atoms with van der Waals surface area (Å²) in [5.41, 5.74) is 1.15. The molecule has 0 aliphatic carbocycles. The van der Waals surface area contributed by atoms with Crippen LogP contribution in [0.5, 0.6) is 0 Å². The summed E-state index contributed by atoms with van der Waals surface area (Å²) in [6.45, 7) is 2.17. The summed E-state index contributed by atoms with van der Waals surface area (Å²) >= 11 is 3.44. The first-order valence-corrected chi connectivity index (χ1v) is 5.22. The first-order chi connectivity index (χ1) is 6.31. The minimum atomic E-state index is 1.04. The molecule has 0 aliphatic rings. The quantitative estimate of drug-likeness (QED) is 0.787. The van der Waals surface area contributed by atoms with Crippen molar-refractivity contribution in [2.75, 3.05) is 0 Å². The van der Waals surface area contributed by atoms with E-state index in [1.165, 1.54) is 0 Å². The number of fused-ring (bicyclic) bond motifs is 1. The maximum atomic E-state index is 4.37. The van der Waals surface area contributed by atoms with E-state index in [9.17, 15) is 0 Å². The molecule has 2 rings (SSSR count). The second-order valence-electron chi connectivity index (χ2n) is 3.06. The highest BCUT2D eigenvalue weighted by Crippen LogP contribution is 2.14. The smallest absolute Gasteiger partial charge is 0.113 e. The van der Waals surface area contributed by atoms with E-state index in [0.717, 1.165) is 28.7 Å². The average Bonchev–Trinajstić information content (AvgIpc) is 2.49. The molecule has 0 unspecified atom stereocenters. The van der Waals surface area contributed by atoms with Gasteiger partial charge in [-0.15, -0.1) is 0 Å². The zero-order chi connectivity index (χ0) is 9.26. The van der Waals surface area contributed by atoms with Crippen LogP contribution in [0.15, 0.2) is 29.0 Å². The standard InChI is InChI=1S/C10H11BrN2/c1-2-3-10-12-7-9-6-8(11)4-5-13(9)10/h4-7H,2-3H2,1H3. The van der Waals surface area contributed by atoms with Gasteiger partial charge in [0, 0.05) is 17.1 Å². The summed E-state index contributed by atoms with van der Waals surface area (Å²) in [5.74, 6) is 1.14. The molecule has 0 bridgehead atoms. The van der Waals surface area contributed by atoms with Gasteiger partial charge in [0.1, 0.15) is 5.82 Å². The van der Waals surface area contributed by atoms with Crippen molar-refractivity contribution in [1.82, 2.24) is 9.38 Å². The molecule has 0 N–H and O–H groups in total. The number of rotatable bonds is 2. The zero-order valence-electron chi connectivity index (χ0n) is 7.50. The number of aromatic nitrogens is 2. The van der Waals surface area contributed by atoms with Crippen LogP contribution < -0.4 is 0 Å². The third-order valence-corrected chi connectivity index (χ3v) is 2.54. The molecule has 3 heteroatoms. The number of nitrogens with zero attached hydrogens (tertiary/aromatic N) is 2. The number of imidazole rings is 1. The molecule has 0 aromatic carbocycles. The maximum Gasteiger partial charge on any atom is 0.113 e. The van der Waals surface area contributed by atoms with E-state index in [2.05, 4.69) is 44.5 Å². The zero-order valence-corrected chi connectivity index (χ0v) is 9.08. The lowest BCUT2D eigenvalue weighted by Crippen LogP contribution is -1.92. The van der Waals surface area contributed by atoms with Crippen LogP contribution >= 0.6 is 15.9 Å². The highest BCUT2D eigenvalue weighted by Gasteiger charge is 2.01.